The quantitative estimate of drug-likeness (QED) is 0.846. The van der Waals surface area contributed by atoms with Crippen LogP contribution < -0.4 is 4.72 Å². The lowest BCUT2D eigenvalue weighted by Crippen LogP contribution is -2.20. The molecule has 2 aromatic rings. The van der Waals surface area contributed by atoms with Crippen molar-refractivity contribution < 1.29 is 26.3 Å². The molecule has 0 radical (unpaired) electrons. The Kier molecular flexibility index (Phi) is 1.62. The van der Waals surface area contributed by atoms with Gasteiger partial charge in [0.05, 0.1) is 11.2 Å². The van der Waals surface area contributed by atoms with Gasteiger partial charge in [0.2, 0.25) is 10.0 Å². The molecule has 0 aliphatic carbocycles. The van der Waals surface area contributed by atoms with Crippen molar-refractivity contribution in [2.45, 2.75) is 12.1 Å². The van der Waals surface area contributed by atoms with Gasteiger partial charge in [-0.3, -0.25) is 0 Å². The van der Waals surface area contributed by atoms with Gasteiger partial charge >= 0.3 is 0 Å². The van der Waals surface area contributed by atoms with Crippen molar-refractivity contribution in [1.82, 2.24) is 14.6 Å². The molecule has 5 nitrogen and oxygen atoms in total. The van der Waals surface area contributed by atoms with Crippen molar-refractivity contribution in [1.29, 1.82) is 0 Å². The van der Waals surface area contributed by atoms with Crippen LogP contribution in [-0.2, 0) is 22.1 Å². The standard InChI is InChI=1S/C14H21N3O2S/c1-15-20(18,19)10-11-4-5-14-13(8-11)12(9-16-14)6-7-17(2)3/h4-5,8-9,15-16H,6-7,10H2,1-3H3/i1D3,4D,5D,6D2,8D,9D,10D2/hD2. The van der Waals surface area contributed by atoms with Crippen molar-refractivity contribution in [3.05, 3.63) is 35.4 Å². The van der Waals surface area contributed by atoms with E-state index in [2.05, 4.69) is 0 Å². The predicted octanol–water partition coefficient (Wildman–Crippen LogP) is 1.32. The van der Waals surface area contributed by atoms with Gasteiger partial charge in [-0.25, -0.2) is 13.1 Å². The normalized spacial score (nSPS) is 24.1. The van der Waals surface area contributed by atoms with E-state index in [0.29, 0.717) is 4.98 Å². The van der Waals surface area contributed by atoms with Gasteiger partial charge in [0.15, 0.2) is 1.41 Å². The van der Waals surface area contributed by atoms with E-state index < -0.39 is 80.1 Å². The van der Waals surface area contributed by atoms with E-state index in [1.807, 2.05) is 0 Å². The molecule has 2 rings (SSSR count). The van der Waals surface area contributed by atoms with Crippen LogP contribution in [0, 0.1) is 0 Å². The molecule has 2 N–H and O–H groups in total. The fourth-order valence-corrected chi connectivity index (χ4v) is 1.81. The molecular formula is C14H21N3O2S. The number of rotatable bonds is 6. The molecule has 0 unspecified atom stereocenters. The molecule has 1 heterocycles. The maximum Gasteiger partial charge on any atom is 0.215 e. The van der Waals surface area contributed by atoms with Crippen molar-refractivity contribution in [2.24, 2.45) is 0 Å². The molecule has 0 fully saturated rings. The number of nitrogens with zero attached hydrogens (tertiary/aromatic N) is 1. The SMILES string of the molecule is [2H]c1c(C([2H])([2H])S(=O)(=O)N([2H])C([2H])([2H])[2H])c([2H])c2c(C([2H])([2H])CN(C)C)c([2H])n([2H])c2c1[2H]. The minimum absolute atomic E-state index is 0.295. The first kappa shape index (κ1) is 5.44. The molecular weight excluding hydrogens is 274 g/mol. The Hall–Kier alpha value is -1.37. The van der Waals surface area contributed by atoms with E-state index in [1.165, 1.54) is 19.0 Å². The van der Waals surface area contributed by atoms with Gasteiger partial charge in [-0.2, -0.15) is 0 Å². The van der Waals surface area contributed by atoms with Gasteiger partial charge in [-0.05, 0) is 50.7 Å². The average molecular weight is 308 g/mol. The summed E-state index contributed by atoms with van der Waals surface area (Å²) in [6, 6.07) is -3.24. The van der Waals surface area contributed by atoms with Gasteiger partial charge in [0, 0.05) is 33.2 Å². The predicted molar refractivity (Wildman–Crippen MR) is 82.2 cm³/mol. The summed E-state index contributed by atoms with van der Waals surface area (Å²) >= 11 is 0. The van der Waals surface area contributed by atoms with E-state index in [9.17, 15) is 8.42 Å². The fourth-order valence-electron chi connectivity index (χ4n) is 1.40. The molecule has 0 bridgehead atoms. The van der Waals surface area contributed by atoms with E-state index >= 15 is 0 Å². The first-order chi connectivity index (χ1) is 14.6. The molecule has 0 saturated heterocycles. The van der Waals surface area contributed by atoms with Gasteiger partial charge in [0.25, 0.3) is 0 Å². The largest absolute Gasteiger partial charge is 0.361 e. The summed E-state index contributed by atoms with van der Waals surface area (Å²) in [5, 5.41) is -0.623. The molecule has 0 aliphatic heterocycles. The van der Waals surface area contributed by atoms with Crippen LogP contribution in [0.4, 0.5) is 0 Å². The summed E-state index contributed by atoms with van der Waals surface area (Å²) in [6.07, 6.45) is -3.21. The lowest BCUT2D eigenvalue weighted by Gasteiger charge is -2.08. The van der Waals surface area contributed by atoms with Gasteiger partial charge in [-0.1, -0.05) is 6.04 Å². The molecule has 1 aromatic heterocycles. The molecule has 6 heteroatoms. The third-order valence-electron chi connectivity index (χ3n) is 2.25. The van der Waals surface area contributed by atoms with Crippen LogP contribution in [0.25, 0.3) is 10.9 Å². The second-order valence-corrected chi connectivity index (χ2v) is 5.49. The number of aromatic amines is 1. The van der Waals surface area contributed by atoms with Crippen LogP contribution in [0.3, 0.4) is 0 Å². The number of hydrogen-bond acceptors (Lipinski definition) is 3. The first-order valence-corrected chi connectivity index (χ1v) is 6.90. The lowest BCUT2D eigenvalue weighted by atomic mass is 10.1. The van der Waals surface area contributed by atoms with E-state index in [-0.39, 0.29) is 6.54 Å². The lowest BCUT2D eigenvalue weighted by molar-refractivity contribution is 0.414. The highest BCUT2D eigenvalue weighted by Crippen LogP contribution is 2.21. The first-order valence-electron chi connectivity index (χ1n) is 11.8. The minimum atomic E-state index is -5.71. The number of fused-ring (bicyclic) bond motifs is 1. The second-order valence-electron chi connectivity index (χ2n) is 4.16. The smallest absolute Gasteiger partial charge is 0.215 e. The summed E-state index contributed by atoms with van der Waals surface area (Å²) in [5.41, 5.74) is -6.33. The zero-order valence-electron chi connectivity index (χ0n) is 23.8. The van der Waals surface area contributed by atoms with Crippen molar-refractivity contribution in [3.8, 4) is 0 Å². The fraction of sp³-hybridized carbons (Fsp3) is 0.429. The van der Waals surface area contributed by atoms with Crippen molar-refractivity contribution in [3.63, 3.8) is 0 Å². The Morgan fingerprint density at radius 2 is 2.40 bits per heavy atom. The maximum atomic E-state index is 12.7. The van der Waals surface area contributed by atoms with E-state index in [0.717, 1.165) is 0 Å². The average Bonchev–Trinajstić information content (AvgIpc) is 2.89. The van der Waals surface area contributed by atoms with Crippen molar-refractivity contribution >= 4 is 20.9 Å². The maximum absolute atomic E-state index is 12.7. The molecule has 0 atom stereocenters. The number of H-pyrrole nitrogens is 1. The Labute approximate surface area is 138 Å². The molecule has 0 spiro atoms. The molecule has 20 heavy (non-hydrogen) atoms. The number of sulfonamides is 1. The highest BCUT2D eigenvalue weighted by atomic mass is 32.2. The zero-order chi connectivity index (χ0) is 26.1. The molecule has 0 saturated carbocycles. The summed E-state index contributed by atoms with van der Waals surface area (Å²) in [4.78, 5) is 1.69. The van der Waals surface area contributed by atoms with Gasteiger partial charge < -0.3 is 9.88 Å². The Balaban J connectivity index is 3.06. The summed E-state index contributed by atoms with van der Waals surface area (Å²) in [7, 11) is -2.69. The zero-order valence-corrected chi connectivity index (χ0v) is 11.6. The molecule has 1 aromatic carbocycles. The number of nitrogens with one attached hydrogen (secondary N) is 2. The summed E-state index contributed by atoms with van der Waals surface area (Å²) in [5.74, 6) is 0. The third-order valence-corrected chi connectivity index (χ3v) is 2.95. The van der Waals surface area contributed by atoms with E-state index in [4.69, 9.17) is 17.9 Å². The Bertz CT molecular complexity index is 1200. The highest BCUT2D eigenvalue weighted by Gasteiger charge is 2.11. The van der Waals surface area contributed by atoms with Crippen LogP contribution in [0.1, 0.15) is 26.2 Å². The van der Waals surface area contributed by atoms with Crippen LogP contribution in [-0.4, -0.2) is 45.9 Å². The molecule has 110 valence electrons. The second kappa shape index (κ2) is 5.95. The van der Waals surface area contributed by atoms with Crippen molar-refractivity contribution in [2.75, 3.05) is 27.6 Å². The Morgan fingerprint density at radius 1 is 1.60 bits per heavy atom. The summed E-state index contributed by atoms with van der Waals surface area (Å²) < 4.78 is 127. The molecule has 0 amide bonds. The topological polar surface area (TPSA) is 65.2 Å². The van der Waals surface area contributed by atoms with Crippen LogP contribution in [0.2, 0.25) is 2.82 Å². The monoisotopic (exact) mass is 308 g/mol. The molecule has 0 aliphatic rings. The van der Waals surface area contributed by atoms with Gasteiger partial charge in [0.1, 0.15) is 1.41 Å². The number of benzene rings is 1. The van der Waals surface area contributed by atoms with Crippen LogP contribution in [0.15, 0.2) is 24.3 Å². The van der Waals surface area contributed by atoms with Gasteiger partial charge in [-0.15, -0.1) is 0 Å². The minimum Gasteiger partial charge on any atom is -0.361 e. The number of likely N-dealkylation sites (N-methyl/N-ethyl adjacent to an activating group) is 1. The Morgan fingerprint density at radius 3 is 3.10 bits per heavy atom. The van der Waals surface area contributed by atoms with Crippen LogP contribution >= 0.6 is 0 Å². The third kappa shape index (κ3) is 3.59. The number of hydrogen-bond donors (Lipinski definition) is 2. The summed E-state index contributed by atoms with van der Waals surface area (Å²) in [6.45, 7) is -3.97. The number of aromatic nitrogens is 1. The van der Waals surface area contributed by atoms with E-state index in [1.54, 1.807) is 0 Å². The van der Waals surface area contributed by atoms with Crippen LogP contribution in [0.5, 0.6) is 0 Å². The highest BCUT2D eigenvalue weighted by molar-refractivity contribution is 7.88.